The first kappa shape index (κ1) is 24.2. The molecule has 2 aromatic carbocycles. The topological polar surface area (TPSA) is 95.0 Å². The van der Waals surface area contributed by atoms with Gasteiger partial charge in [-0.25, -0.2) is 19.2 Å². The van der Waals surface area contributed by atoms with Gasteiger partial charge in [-0.3, -0.25) is 0 Å². The number of benzene rings is 2. The van der Waals surface area contributed by atoms with Crippen LogP contribution in [0.5, 0.6) is 17.2 Å². The number of carbonyl (C=O) groups is 1. The third-order valence-corrected chi connectivity index (χ3v) is 6.10. The SMILES string of the molecule is CC(C)(C)OC(=O)N1CCC(Oc2cc(F)cc3ncnc(Nc4c(Cl)ccc5c4OCO5)c23)CC1. The van der Waals surface area contributed by atoms with Crippen LogP contribution in [0.1, 0.15) is 33.6 Å². The van der Waals surface area contributed by atoms with Crippen LogP contribution in [0.25, 0.3) is 10.9 Å². The summed E-state index contributed by atoms with van der Waals surface area (Å²) >= 11 is 6.43. The van der Waals surface area contributed by atoms with E-state index in [9.17, 15) is 9.18 Å². The van der Waals surface area contributed by atoms with Crippen molar-refractivity contribution < 1.29 is 28.1 Å². The quantitative estimate of drug-likeness (QED) is 0.473. The fourth-order valence-electron chi connectivity index (χ4n) is 4.15. The highest BCUT2D eigenvalue weighted by atomic mass is 35.5. The van der Waals surface area contributed by atoms with E-state index in [0.29, 0.717) is 70.6 Å². The van der Waals surface area contributed by atoms with Crippen LogP contribution in [0, 0.1) is 5.82 Å². The number of piperidine rings is 1. The third-order valence-electron chi connectivity index (χ3n) is 5.79. The van der Waals surface area contributed by atoms with Crippen molar-refractivity contribution in [2.45, 2.75) is 45.3 Å². The van der Waals surface area contributed by atoms with Gasteiger partial charge in [0.05, 0.1) is 15.9 Å². The minimum Gasteiger partial charge on any atom is -0.489 e. The minimum absolute atomic E-state index is 0.0798. The molecule has 2 aliphatic heterocycles. The Morgan fingerprint density at radius 1 is 1.19 bits per heavy atom. The molecule has 1 saturated heterocycles. The molecule has 1 N–H and O–H groups in total. The highest BCUT2D eigenvalue weighted by molar-refractivity contribution is 6.34. The van der Waals surface area contributed by atoms with Gasteiger partial charge in [0.15, 0.2) is 11.5 Å². The first-order valence-corrected chi connectivity index (χ1v) is 12.0. The van der Waals surface area contributed by atoms with Crippen molar-refractivity contribution in [2.24, 2.45) is 0 Å². The Morgan fingerprint density at radius 3 is 2.72 bits per heavy atom. The summed E-state index contributed by atoms with van der Waals surface area (Å²) in [5.41, 5.74) is 0.287. The molecule has 3 aromatic rings. The van der Waals surface area contributed by atoms with Gasteiger partial charge in [0, 0.05) is 38.1 Å². The molecule has 1 aromatic heterocycles. The molecule has 0 atom stereocenters. The molecular weight excluding hydrogens is 491 g/mol. The van der Waals surface area contributed by atoms with Gasteiger partial charge in [-0.05, 0) is 32.9 Å². The number of rotatable bonds is 4. The van der Waals surface area contributed by atoms with Crippen molar-refractivity contribution in [2.75, 3.05) is 25.2 Å². The fraction of sp³-hybridized carbons (Fsp3) is 0.400. The second kappa shape index (κ2) is 9.50. The molecule has 36 heavy (non-hydrogen) atoms. The monoisotopic (exact) mass is 516 g/mol. The lowest BCUT2D eigenvalue weighted by molar-refractivity contribution is 0.0127. The van der Waals surface area contributed by atoms with Crippen LogP contribution in [0.3, 0.4) is 0 Å². The third kappa shape index (κ3) is 5.04. The molecular formula is C25H26ClFN4O5. The predicted octanol–water partition coefficient (Wildman–Crippen LogP) is 5.67. The lowest BCUT2D eigenvalue weighted by Gasteiger charge is -2.33. The summed E-state index contributed by atoms with van der Waals surface area (Å²) in [6.07, 6.45) is 1.88. The molecule has 5 rings (SSSR count). The van der Waals surface area contributed by atoms with Crippen molar-refractivity contribution >= 4 is 40.1 Å². The average Bonchev–Trinajstić information content (AvgIpc) is 3.29. The van der Waals surface area contributed by atoms with E-state index in [4.69, 9.17) is 30.5 Å². The largest absolute Gasteiger partial charge is 0.489 e. The Labute approximate surface area is 212 Å². The molecule has 1 fully saturated rings. The Bertz CT molecular complexity index is 1310. The normalized spacial score (nSPS) is 15.8. The first-order valence-electron chi connectivity index (χ1n) is 11.6. The molecule has 11 heteroatoms. The molecule has 0 saturated carbocycles. The van der Waals surface area contributed by atoms with Gasteiger partial charge in [0.2, 0.25) is 6.79 Å². The number of ether oxygens (including phenoxy) is 4. The fourth-order valence-corrected chi connectivity index (χ4v) is 4.35. The Hall–Kier alpha value is -3.53. The zero-order chi connectivity index (χ0) is 25.4. The van der Waals surface area contributed by atoms with E-state index in [0.717, 1.165) is 0 Å². The number of halogens is 2. The van der Waals surface area contributed by atoms with Crippen LogP contribution in [0.2, 0.25) is 5.02 Å². The molecule has 0 unspecified atom stereocenters. The highest BCUT2D eigenvalue weighted by Gasteiger charge is 2.29. The number of nitrogens with one attached hydrogen (secondary N) is 1. The summed E-state index contributed by atoms with van der Waals surface area (Å²) in [5, 5.41) is 4.10. The van der Waals surface area contributed by atoms with E-state index in [1.807, 2.05) is 20.8 Å². The number of fused-ring (bicyclic) bond motifs is 2. The minimum atomic E-state index is -0.562. The van der Waals surface area contributed by atoms with Gasteiger partial charge in [0.1, 0.15) is 41.1 Å². The van der Waals surface area contributed by atoms with Crippen molar-refractivity contribution in [1.82, 2.24) is 14.9 Å². The van der Waals surface area contributed by atoms with Gasteiger partial charge >= 0.3 is 6.09 Å². The summed E-state index contributed by atoms with van der Waals surface area (Å²) < 4.78 is 37.2. The zero-order valence-electron chi connectivity index (χ0n) is 20.1. The number of amides is 1. The average molecular weight is 517 g/mol. The second-order valence-electron chi connectivity index (χ2n) is 9.59. The maximum Gasteiger partial charge on any atom is 0.410 e. The number of hydrogen-bond acceptors (Lipinski definition) is 8. The molecule has 1 amide bonds. The Morgan fingerprint density at radius 2 is 1.97 bits per heavy atom. The molecule has 0 bridgehead atoms. The van der Waals surface area contributed by atoms with Gasteiger partial charge in [-0.1, -0.05) is 11.6 Å². The standard InChI is InChI=1S/C25H26ClFN4O5/c1-25(2,3)36-24(32)31-8-6-15(7-9-31)35-19-11-14(27)10-17-20(19)23(29-12-28-17)30-21-16(26)4-5-18-22(21)34-13-33-18/h4-5,10-12,15H,6-9,13H2,1-3H3,(H,28,29,30). The van der Waals surface area contributed by atoms with Crippen LogP contribution in [-0.4, -0.2) is 52.5 Å². The maximum absolute atomic E-state index is 14.5. The van der Waals surface area contributed by atoms with Gasteiger partial charge < -0.3 is 29.2 Å². The number of anilines is 2. The molecule has 9 nitrogen and oxygen atoms in total. The highest BCUT2D eigenvalue weighted by Crippen LogP contribution is 2.45. The second-order valence-corrected chi connectivity index (χ2v) is 9.99. The molecule has 0 radical (unpaired) electrons. The van der Waals surface area contributed by atoms with Crippen molar-refractivity contribution in [3.8, 4) is 17.2 Å². The Kier molecular flexibility index (Phi) is 6.38. The molecule has 190 valence electrons. The van der Waals surface area contributed by atoms with Crippen LogP contribution in [-0.2, 0) is 4.74 Å². The van der Waals surface area contributed by atoms with Crippen LogP contribution in [0.15, 0.2) is 30.6 Å². The summed E-state index contributed by atoms with van der Waals surface area (Å²) in [5.74, 6) is 1.22. The summed E-state index contributed by atoms with van der Waals surface area (Å²) in [7, 11) is 0. The van der Waals surface area contributed by atoms with Gasteiger partial charge in [0.25, 0.3) is 0 Å². The van der Waals surface area contributed by atoms with E-state index >= 15 is 0 Å². The lowest BCUT2D eigenvalue weighted by atomic mass is 10.1. The van der Waals surface area contributed by atoms with E-state index in [1.165, 1.54) is 18.5 Å². The predicted molar refractivity (Wildman–Crippen MR) is 132 cm³/mol. The van der Waals surface area contributed by atoms with Crippen LogP contribution in [0.4, 0.5) is 20.7 Å². The van der Waals surface area contributed by atoms with Crippen molar-refractivity contribution in [3.05, 3.63) is 41.4 Å². The van der Waals surface area contributed by atoms with Crippen LogP contribution < -0.4 is 19.5 Å². The number of carbonyl (C=O) groups excluding carboxylic acids is 1. The molecule has 2 aliphatic rings. The van der Waals surface area contributed by atoms with Crippen molar-refractivity contribution in [1.29, 1.82) is 0 Å². The number of likely N-dealkylation sites (tertiary alicyclic amines) is 1. The molecule has 0 aliphatic carbocycles. The number of aromatic nitrogens is 2. The molecule has 0 spiro atoms. The van der Waals surface area contributed by atoms with E-state index in [-0.39, 0.29) is 19.0 Å². The van der Waals surface area contributed by atoms with Crippen LogP contribution >= 0.6 is 11.6 Å². The smallest absolute Gasteiger partial charge is 0.410 e. The zero-order valence-corrected chi connectivity index (χ0v) is 20.9. The Balaban J connectivity index is 1.40. The summed E-state index contributed by atoms with van der Waals surface area (Å²) in [4.78, 5) is 22.6. The maximum atomic E-state index is 14.5. The summed E-state index contributed by atoms with van der Waals surface area (Å²) in [6.45, 7) is 6.52. The first-order chi connectivity index (χ1) is 17.2. The lowest BCUT2D eigenvalue weighted by Crippen LogP contribution is -2.44. The number of nitrogens with zero attached hydrogens (tertiary/aromatic N) is 3. The van der Waals surface area contributed by atoms with E-state index in [2.05, 4.69) is 15.3 Å². The summed E-state index contributed by atoms with van der Waals surface area (Å²) in [6, 6.07) is 6.04. The number of hydrogen-bond donors (Lipinski definition) is 1. The van der Waals surface area contributed by atoms with Crippen molar-refractivity contribution in [3.63, 3.8) is 0 Å². The molecule has 3 heterocycles. The van der Waals surface area contributed by atoms with Gasteiger partial charge in [-0.2, -0.15) is 0 Å². The van der Waals surface area contributed by atoms with Gasteiger partial charge in [-0.15, -0.1) is 0 Å². The van der Waals surface area contributed by atoms with E-state index < -0.39 is 11.4 Å². The van der Waals surface area contributed by atoms with E-state index in [1.54, 1.807) is 17.0 Å².